The van der Waals surface area contributed by atoms with Gasteiger partial charge in [0.1, 0.15) is 6.10 Å². The molecule has 1 aliphatic carbocycles. The van der Waals surface area contributed by atoms with Crippen LogP contribution in [0.3, 0.4) is 0 Å². The van der Waals surface area contributed by atoms with Gasteiger partial charge in [-0.2, -0.15) is 0 Å². The number of nitrogens with zero attached hydrogens (tertiary/aromatic N) is 1. The van der Waals surface area contributed by atoms with E-state index in [2.05, 4.69) is 6.92 Å². The number of piperidine rings is 1. The highest BCUT2D eigenvalue weighted by molar-refractivity contribution is 5.85. The molecule has 1 aliphatic heterocycles. The summed E-state index contributed by atoms with van der Waals surface area (Å²) in [6, 6.07) is 0.196. The molecule has 0 spiro atoms. The molecule has 0 radical (unpaired) electrons. The van der Waals surface area contributed by atoms with Crippen molar-refractivity contribution in [2.24, 2.45) is 11.7 Å². The maximum absolute atomic E-state index is 12.7. The molecule has 2 aliphatic rings. The van der Waals surface area contributed by atoms with Crippen LogP contribution in [-0.4, -0.2) is 42.1 Å². The number of halogens is 1. The number of ether oxygens (including phenoxy) is 1. The fraction of sp³-hybridized carbons (Fsp3) is 0.941. The van der Waals surface area contributed by atoms with Gasteiger partial charge >= 0.3 is 0 Å². The number of hydrogen-bond acceptors (Lipinski definition) is 3. The van der Waals surface area contributed by atoms with Crippen molar-refractivity contribution < 1.29 is 9.53 Å². The summed E-state index contributed by atoms with van der Waals surface area (Å²) in [4.78, 5) is 14.7. The summed E-state index contributed by atoms with van der Waals surface area (Å²) in [7, 11) is 0. The Balaban J connectivity index is 0.00000242. The van der Waals surface area contributed by atoms with E-state index in [9.17, 15) is 4.79 Å². The van der Waals surface area contributed by atoms with E-state index in [-0.39, 0.29) is 36.6 Å². The number of hydrogen-bond donors (Lipinski definition) is 1. The Kier molecular flexibility index (Phi) is 8.73. The highest BCUT2D eigenvalue weighted by atomic mass is 35.5. The lowest BCUT2D eigenvalue weighted by Gasteiger charge is -2.39. The quantitative estimate of drug-likeness (QED) is 0.805. The summed E-state index contributed by atoms with van der Waals surface area (Å²) in [6.07, 6.45) is 9.35. The van der Waals surface area contributed by atoms with Crippen LogP contribution in [0.25, 0.3) is 0 Å². The molecule has 5 heteroatoms. The average molecular weight is 333 g/mol. The first-order valence-electron chi connectivity index (χ1n) is 8.77. The summed E-state index contributed by atoms with van der Waals surface area (Å²) < 4.78 is 6.07. The van der Waals surface area contributed by atoms with E-state index in [0.29, 0.717) is 12.5 Å². The van der Waals surface area contributed by atoms with Crippen molar-refractivity contribution in [3.8, 4) is 0 Å². The predicted molar refractivity (Wildman–Crippen MR) is 92.2 cm³/mol. The van der Waals surface area contributed by atoms with Crippen LogP contribution in [-0.2, 0) is 9.53 Å². The molecule has 0 aromatic heterocycles. The Morgan fingerprint density at radius 1 is 1.23 bits per heavy atom. The van der Waals surface area contributed by atoms with Crippen molar-refractivity contribution in [3.63, 3.8) is 0 Å². The van der Waals surface area contributed by atoms with Crippen molar-refractivity contribution in [2.45, 2.75) is 83.5 Å². The molecular weight excluding hydrogens is 300 g/mol. The smallest absolute Gasteiger partial charge is 0.251 e. The van der Waals surface area contributed by atoms with Crippen LogP contribution in [0.2, 0.25) is 0 Å². The predicted octanol–water partition coefficient (Wildman–Crippen LogP) is 3.12. The first-order valence-corrected chi connectivity index (χ1v) is 8.77. The van der Waals surface area contributed by atoms with Crippen LogP contribution in [0.4, 0.5) is 0 Å². The Morgan fingerprint density at radius 2 is 1.86 bits per heavy atom. The SMILES string of the molecule is CC1CCN(C(=O)C(C)OC2CCCCCC2)C(CN)C1.Cl. The Labute approximate surface area is 141 Å². The van der Waals surface area contributed by atoms with Gasteiger partial charge in [-0.15, -0.1) is 12.4 Å². The molecule has 1 amide bonds. The van der Waals surface area contributed by atoms with E-state index >= 15 is 0 Å². The molecule has 3 unspecified atom stereocenters. The molecule has 1 saturated heterocycles. The van der Waals surface area contributed by atoms with E-state index in [1.165, 1.54) is 25.7 Å². The maximum atomic E-state index is 12.7. The molecule has 1 heterocycles. The third-order valence-electron chi connectivity index (χ3n) is 5.08. The Morgan fingerprint density at radius 3 is 2.45 bits per heavy atom. The lowest BCUT2D eigenvalue weighted by molar-refractivity contribution is -0.150. The first kappa shape index (κ1) is 19.7. The fourth-order valence-electron chi connectivity index (χ4n) is 3.72. The van der Waals surface area contributed by atoms with E-state index in [4.69, 9.17) is 10.5 Å². The summed E-state index contributed by atoms with van der Waals surface area (Å²) in [5, 5.41) is 0. The lowest BCUT2D eigenvalue weighted by Crippen LogP contribution is -2.52. The standard InChI is InChI=1S/C17H32N2O2.ClH/c1-13-9-10-19(15(11-13)12-18)17(20)14(2)21-16-7-5-3-4-6-8-16;/h13-16H,3-12,18H2,1-2H3;1H. The van der Waals surface area contributed by atoms with Crippen molar-refractivity contribution >= 4 is 18.3 Å². The number of amides is 1. The molecule has 2 fully saturated rings. The molecule has 2 rings (SSSR count). The van der Waals surface area contributed by atoms with Crippen LogP contribution >= 0.6 is 12.4 Å². The molecular formula is C17H33ClN2O2. The molecule has 2 N–H and O–H groups in total. The molecule has 0 bridgehead atoms. The van der Waals surface area contributed by atoms with E-state index < -0.39 is 0 Å². The minimum atomic E-state index is -0.324. The third-order valence-corrected chi connectivity index (χ3v) is 5.08. The Hall–Kier alpha value is -0.320. The highest BCUT2D eigenvalue weighted by Gasteiger charge is 2.32. The van der Waals surface area contributed by atoms with Gasteiger partial charge in [-0.1, -0.05) is 32.6 Å². The second-order valence-corrected chi connectivity index (χ2v) is 6.94. The largest absolute Gasteiger partial charge is 0.365 e. The third kappa shape index (κ3) is 5.39. The van der Waals surface area contributed by atoms with Crippen LogP contribution in [0.1, 0.15) is 65.2 Å². The van der Waals surface area contributed by atoms with Crippen molar-refractivity contribution in [1.82, 2.24) is 4.90 Å². The lowest BCUT2D eigenvalue weighted by atomic mass is 9.92. The summed E-state index contributed by atoms with van der Waals surface area (Å²) in [5.41, 5.74) is 5.86. The Bertz CT molecular complexity index is 333. The molecule has 4 nitrogen and oxygen atoms in total. The zero-order valence-corrected chi connectivity index (χ0v) is 14.9. The number of carbonyl (C=O) groups is 1. The highest BCUT2D eigenvalue weighted by Crippen LogP contribution is 2.25. The monoisotopic (exact) mass is 332 g/mol. The summed E-state index contributed by atoms with van der Waals surface area (Å²) in [6.45, 7) is 5.56. The van der Waals surface area contributed by atoms with E-state index in [1.54, 1.807) is 0 Å². The van der Waals surface area contributed by atoms with Crippen LogP contribution < -0.4 is 5.73 Å². The van der Waals surface area contributed by atoms with Crippen LogP contribution in [0, 0.1) is 5.92 Å². The molecule has 1 saturated carbocycles. The molecule has 0 aromatic carbocycles. The van der Waals surface area contributed by atoms with Crippen LogP contribution in [0.5, 0.6) is 0 Å². The van der Waals surface area contributed by atoms with Crippen molar-refractivity contribution in [3.05, 3.63) is 0 Å². The molecule has 22 heavy (non-hydrogen) atoms. The van der Waals surface area contributed by atoms with Gasteiger partial charge in [0, 0.05) is 19.1 Å². The van der Waals surface area contributed by atoms with Gasteiger partial charge in [-0.3, -0.25) is 4.79 Å². The van der Waals surface area contributed by atoms with Gasteiger partial charge < -0.3 is 15.4 Å². The van der Waals surface area contributed by atoms with E-state index in [1.807, 2.05) is 11.8 Å². The minimum absolute atomic E-state index is 0. The molecule has 130 valence electrons. The molecule has 3 atom stereocenters. The number of nitrogens with two attached hydrogens (primary N) is 1. The van der Waals surface area contributed by atoms with Gasteiger partial charge in [0.15, 0.2) is 0 Å². The fourth-order valence-corrected chi connectivity index (χ4v) is 3.72. The van der Waals surface area contributed by atoms with Gasteiger partial charge in [0.25, 0.3) is 5.91 Å². The summed E-state index contributed by atoms with van der Waals surface area (Å²) in [5.74, 6) is 0.808. The normalized spacial score (nSPS) is 28.6. The maximum Gasteiger partial charge on any atom is 0.251 e. The van der Waals surface area contributed by atoms with Gasteiger partial charge in [-0.05, 0) is 38.5 Å². The number of carbonyl (C=O) groups excluding carboxylic acids is 1. The minimum Gasteiger partial charge on any atom is -0.365 e. The summed E-state index contributed by atoms with van der Waals surface area (Å²) >= 11 is 0. The van der Waals surface area contributed by atoms with Gasteiger partial charge in [-0.25, -0.2) is 0 Å². The van der Waals surface area contributed by atoms with Gasteiger partial charge in [0.2, 0.25) is 0 Å². The second-order valence-electron chi connectivity index (χ2n) is 6.94. The number of likely N-dealkylation sites (tertiary alicyclic amines) is 1. The topological polar surface area (TPSA) is 55.6 Å². The second kappa shape index (κ2) is 9.74. The number of rotatable bonds is 4. The zero-order valence-electron chi connectivity index (χ0n) is 14.1. The van der Waals surface area contributed by atoms with Crippen molar-refractivity contribution in [2.75, 3.05) is 13.1 Å². The first-order chi connectivity index (χ1) is 10.1. The molecule has 0 aromatic rings. The van der Waals surface area contributed by atoms with Crippen molar-refractivity contribution in [1.29, 1.82) is 0 Å². The van der Waals surface area contributed by atoms with Gasteiger partial charge in [0.05, 0.1) is 6.10 Å². The van der Waals surface area contributed by atoms with Crippen LogP contribution in [0.15, 0.2) is 0 Å². The van der Waals surface area contributed by atoms with E-state index in [0.717, 1.165) is 32.2 Å². The average Bonchev–Trinajstić information content (AvgIpc) is 2.75. The zero-order chi connectivity index (χ0) is 15.2.